The molecule has 1 aromatic rings. The van der Waals surface area contributed by atoms with Crippen LogP contribution in [0.4, 0.5) is 14.9 Å². The Morgan fingerprint density at radius 2 is 1.70 bits per heavy atom. The number of esters is 2. The van der Waals surface area contributed by atoms with Crippen LogP contribution in [0.25, 0.3) is 0 Å². The maximum atomic E-state index is 15.0. The summed E-state index contributed by atoms with van der Waals surface area (Å²) in [4.78, 5) is 40.5. The third-order valence-corrected chi connectivity index (χ3v) is 5.82. The molecule has 10 heteroatoms. The summed E-state index contributed by atoms with van der Waals surface area (Å²) in [5.74, 6) is -2.18. The van der Waals surface area contributed by atoms with Gasteiger partial charge in [0, 0.05) is 19.3 Å². The van der Waals surface area contributed by atoms with Gasteiger partial charge >= 0.3 is 18.0 Å². The van der Waals surface area contributed by atoms with Gasteiger partial charge in [0.15, 0.2) is 11.6 Å². The van der Waals surface area contributed by atoms with Crippen LogP contribution in [0.1, 0.15) is 33.6 Å². The lowest BCUT2D eigenvalue weighted by atomic mass is 9.98. The summed E-state index contributed by atoms with van der Waals surface area (Å²) in [6.45, 7) is 6.68. The van der Waals surface area contributed by atoms with Gasteiger partial charge in [0.05, 0.1) is 32.1 Å². The van der Waals surface area contributed by atoms with E-state index in [1.165, 1.54) is 43.5 Å². The molecular formula is C27H33FN2O7. The van der Waals surface area contributed by atoms with Crippen molar-refractivity contribution in [2.24, 2.45) is 5.92 Å². The number of para-hydroxylation sites is 1. The number of likely N-dealkylation sites (tertiary alicyclic amines) is 1. The molecule has 1 aromatic carbocycles. The monoisotopic (exact) mass is 516 g/mol. The SMILES string of the molecule is COC(=O)C1=C(C(=O)OC)N(c2cccc(F)c2OCC2CCN(C(=O)OC(C)(C)C)CC2)C=CC=C1. The Labute approximate surface area is 216 Å². The molecule has 200 valence electrons. The van der Waals surface area contributed by atoms with Crippen LogP contribution in [-0.2, 0) is 23.8 Å². The fraction of sp³-hybridized carbons (Fsp3) is 0.444. The van der Waals surface area contributed by atoms with Crippen molar-refractivity contribution < 1.29 is 37.7 Å². The van der Waals surface area contributed by atoms with Crippen molar-refractivity contribution in [3.05, 3.63) is 59.7 Å². The summed E-state index contributed by atoms with van der Waals surface area (Å²) >= 11 is 0. The van der Waals surface area contributed by atoms with Crippen LogP contribution >= 0.6 is 0 Å². The Hall–Kier alpha value is -3.82. The van der Waals surface area contributed by atoms with Gasteiger partial charge in [-0.15, -0.1) is 0 Å². The van der Waals surface area contributed by atoms with Crippen molar-refractivity contribution in [3.8, 4) is 5.75 Å². The van der Waals surface area contributed by atoms with Gasteiger partial charge in [-0.25, -0.2) is 18.8 Å². The number of methoxy groups -OCH3 is 2. The molecule has 1 fully saturated rings. The van der Waals surface area contributed by atoms with E-state index in [2.05, 4.69) is 0 Å². The highest BCUT2D eigenvalue weighted by molar-refractivity contribution is 6.05. The highest BCUT2D eigenvalue weighted by Gasteiger charge is 2.31. The van der Waals surface area contributed by atoms with Gasteiger partial charge in [-0.2, -0.15) is 0 Å². The number of anilines is 1. The Bertz CT molecular complexity index is 1110. The Kier molecular flexibility index (Phi) is 8.96. The van der Waals surface area contributed by atoms with Crippen molar-refractivity contribution in [3.63, 3.8) is 0 Å². The molecule has 0 bridgehead atoms. The van der Waals surface area contributed by atoms with Crippen molar-refractivity contribution in [2.75, 3.05) is 38.8 Å². The van der Waals surface area contributed by atoms with E-state index in [0.717, 1.165) is 0 Å². The highest BCUT2D eigenvalue weighted by atomic mass is 19.1. The van der Waals surface area contributed by atoms with E-state index in [4.69, 9.17) is 18.9 Å². The largest absolute Gasteiger partial charge is 0.488 e. The molecule has 0 saturated carbocycles. The number of allylic oxidation sites excluding steroid dienone is 2. The average Bonchev–Trinajstić information content (AvgIpc) is 3.09. The minimum absolute atomic E-state index is 0.0518. The van der Waals surface area contributed by atoms with E-state index in [1.807, 2.05) is 20.8 Å². The normalized spacial score (nSPS) is 16.4. The van der Waals surface area contributed by atoms with E-state index in [0.29, 0.717) is 25.9 Å². The molecule has 0 N–H and O–H groups in total. The lowest BCUT2D eigenvalue weighted by Crippen LogP contribution is -2.42. The van der Waals surface area contributed by atoms with Crippen LogP contribution < -0.4 is 9.64 Å². The van der Waals surface area contributed by atoms with Gasteiger partial charge in [-0.05, 0) is 63.8 Å². The standard InChI is InChI=1S/C27H33FN2O7/c1-27(2,3)37-26(33)29-15-12-18(13-16-29)17-36-23-20(28)10-8-11-21(23)30-14-7-6-9-19(24(31)34-4)22(30)25(32)35-5/h6-11,14,18H,12-13,15-17H2,1-5H3. The number of carbonyl (C=O) groups is 3. The number of hydrogen-bond acceptors (Lipinski definition) is 8. The number of ether oxygens (including phenoxy) is 4. The van der Waals surface area contributed by atoms with Crippen LogP contribution in [0.5, 0.6) is 5.75 Å². The quantitative estimate of drug-likeness (QED) is 0.407. The molecule has 0 aliphatic carbocycles. The molecule has 1 saturated heterocycles. The second-order valence-electron chi connectivity index (χ2n) is 9.63. The molecule has 1 amide bonds. The summed E-state index contributed by atoms with van der Waals surface area (Å²) in [5, 5.41) is 0. The summed E-state index contributed by atoms with van der Waals surface area (Å²) in [6, 6.07) is 4.32. The summed E-state index contributed by atoms with van der Waals surface area (Å²) in [7, 11) is 2.39. The van der Waals surface area contributed by atoms with Gasteiger partial charge in [0.2, 0.25) is 0 Å². The third kappa shape index (κ3) is 6.90. The first-order chi connectivity index (χ1) is 17.6. The molecule has 2 heterocycles. The van der Waals surface area contributed by atoms with E-state index < -0.39 is 23.4 Å². The molecule has 2 aliphatic rings. The Morgan fingerprint density at radius 1 is 1.03 bits per heavy atom. The second-order valence-corrected chi connectivity index (χ2v) is 9.63. The first-order valence-corrected chi connectivity index (χ1v) is 12.0. The molecule has 0 atom stereocenters. The molecule has 2 aliphatic heterocycles. The van der Waals surface area contributed by atoms with Crippen LogP contribution in [-0.4, -0.2) is 62.4 Å². The summed E-state index contributed by atoms with van der Waals surface area (Å²) in [5.41, 5.74) is -0.543. The van der Waals surface area contributed by atoms with Crippen molar-refractivity contribution in [1.82, 2.24) is 4.90 Å². The number of nitrogens with zero attached hydrogens (tertiary/aromatic N) is 2. The highest BCUT2D eigenvalue weighted by Crippen LogP contribution is 2.36. The Balaban J connectivity index is 1.81. The first-order valence-electron chi connectivity index (χ1n) is 12.0. The minimum Gasteiger partial charge on any atom is -0.488 e. The van der Waals surface area contributed by atoms with E-state index in [-0.39, 0.29) is 41.3 Å². The average molecular weight is 517 g/mol. The maximum absolute atomic E-state index is 15.0. The zero-order valence-electron chi connectivity index (χ0n) is 21.8. The molecule has 9 nitrogen and oxygen atoms in total. The number of carbonyl (C=O) groups excluding carboxylic acids is 3. The smallest absolute Gasteiger partial charge is 0.410 e. The van der Waals surface area contributed by atoms with Gasteiger partial charge in [0.1, 0.15) is 11.3 Å². The number of rotatable bonds is 6. The predicted octanol–water partition coefficient (Wildman–Crippen LogP) is 4.34. The molecule has 37 heavy (non-hydrogen) atoms. The van der Waals surface area contributed by atoms with Gasteiger partial charge < -0.3 is 28.7 Å². The number of amides is 1. The van der Waals surface area contributed by atoms with Crippen LogP contribution in [0.3, 0.4) is 0 Å². The predicted molar refractivity (Wildman–Crippen MR) is 134 cm³/mol. The molecule has 0 spiro atoms. The third-order valence-electron chi connectivity index (χ3n) is 5.82. The fourth-order valence-electron chi connectivity index (χ4n) is 3.99. The van der Waals surface area contributed by atoms with E-state index in [1.54, 1.807) is 23.1 Å². The van der Waals surface area contributed by atoms with E-state index in [9.17, 15) is 14.4 Å². The Morgan fingerprint density at radius 3 is 2.32 bits per heavy atom. The van der Waals surface area contributed by atoms with Crippen LogP contribution in [0, 0.1) is 11.7 Å². The first kappa shape index (κ1) is 27.8. The number of hydrogen-bond donors (Lipinski definition) is 0. The topological polar surface area (TPSA) is 94.6 Å². The molecule has 0 aromatic heterocycles. The van der Waals surface area contributed by atoms with E-state index >= 15 is 4.39 Å². The second kappa shape index (κ2) is 11.9. The lowest BCUT2D eigenvalue weighted by Gasteiger charge is -2.33. The molecule has 0 radical (unpaired) electrons. The lowest BCUT2D eigenvalue weighted by molar-refractivity contribution is -0.139. The van der Waals surface area contributed by atoms with Crippen LogP contribution in [0.15, 0.2) is 53.9 Å². The zero-order valence-corrected chi connectivity index (χ0v) is 21.8. The van der Waals surface area contributed by atoms with Gasteiger partial charge in [0.25, 0.3) is 0 Å². The number of benzene rings is 1. The molecular weight excluding hydrogens is 483 g/mol. The van der Waals surface area contributed by atoms with Crippen molar-refractivity contribution in [1.29, 1.82) is 0 Å². The number of halogens is 1. The zero-order chi connectivity index (χ0) is 27.2. The van der Waals surface area contributed by atoms with Crippen LogP contribution in [0.2, 0.25) is 0 Å². The summed E-state index contributed by atoms with van der Waals surface area (Å²) < 4.78 is 36.2. The summed E-state index contributed by atoms with van der Waals surface area (Å²) in [6.07, 6.45) is 7.07. The maximum Gasteiger partial charge on any atom is 0.410 e. The minimum atomic E-state index is -0.804. The fourth-order valence-corrected chi connectivity index (χ4v) is 3.99. The molecule has 3 rings (SSSR count). The number of piperidine rings is 1. The van der Waals surface area contributed by atoms with Gasteiger partial charge in [-0.3, -0.25) is 0 Å². The van der Waals surface area contributed by atoms with Crippen molar-refractivity contribution >= 4 is 23.7 Å². The van der Waals surface area contributed by atoms with Crippen molar-refractivity contribution in [2.45, 2.75) is 39.2 Å². The molecule has 0 unspecified atom stereocenters. The van der Waals surface area contributed by atoms with Gasteiger partial charge in [-0.1, -0.05) is 12.1 Å².